The SMILES string of the molecule is Cc1cc(-c2c(Br)nnn2C)c[nH]c1=O. The van der Waals surface area contributed by atoms with Crippen molar-refractivity contribution in [1.29, 1.82) is 0 Å². The van der Waals surface area contributed by atoms with Gasteiger partial charge in [0, 0.05) is 24.4 Å². The largest absolute Gasteiger partial charge is 0.328 e. The van der Waals surface area contributed by atoms with Gasteiger partial charge in [0.2, 0.25) is 0 Å². The minimum atomic E-state index is -0.0787. The van der Waals surface area contributed by atoms with Crippen LogP contribution in [0.3, 0.4) is 0 Å². The van der Waals surface area contributed by atoms with Crippen LogP contribution in [0.5, 0.6) is 0 Å². The van der Waals surface area contributed by atoms with Gasteiger partial charge in [-0.1, -0.05) is 5.21 Å². The summed E-state index contributed by atoms with van der Waals surface area (Å²) in [5, 5.41) is 7.75. The molecule has 0 bridgehead atoms. The predicted molar refractivity (Wildman–Crippen MR) is 59.5 cm³/mol. The van der Waals surface area contributed by atoms with Gasteiger partial charge in [-0.05, 0) is 28.9 Å². The predicted octanol–water partition coefficient (Wildman–Crippen LogP) is 1.24. The van der Waals surface area contributed by atoms with Gasteiger partial charge < -0.3 is 4.98 Å². The van der Waals surface area contributed by atoms with Crippen molar-refractivity contribution >= 4 is 15.9 Å². The lowest BCUT2D eigenvalue weighted by molar-refractivity contribution is 0.719. The lowest BCUT2D eigenvalue weighted by atomic mass is 10.2. The van der Waals surface area contributed by atoms with Gasteiger partial charge in [0.25, 0.3) is 5.56 Å². The smallest absolute Gasteiger partial charge is 0.250 e. The quantitative estimate of drug-likeness (QED) is 0.847. The van der Waals surface area contributed by atoms with E-state index in [0.29, 0.717) is 10.2 Å². The molecule has 0 unspecified atom stereocenters. The number of hydrogen-bond donors (Lipinski definition) is 1. The maximum Gasteiger partial charge on any atom is 0.250 e. The summed E-state index contributed by atoms with van der Waals surface area (Å²) in [6, 6.07) is 1.81. The van der Waals surface area contributed by atoms with Crippen molar-refractivity contribution in [2.75, 3.05) is 0 Å². The topological polar surface area (TPSA) is 63.6 Å². The van der Waals surface area contributed by atoms with E-state index in [1.165, 1.54) is 0 Å². The lowest BCUT2D eigenvalue weighted by Crippen LogP contribution is -2.08. The zero-order valence-corrected chi connectivity index (χ0v) is 9.87. The van der Waals surface area contributed by atoms with Crippen LogP contribution < -0.4 is 5.56 Å². The number of H-pyrrole nitrogens is 1. The number of aromatic nitrogens is 4. The molecule has 0 fully saturated rings. The van der Waals surface area contributed by atoms with E-state index >= 15 is 0 Å². The molecule has 0 saturated heterocycles. The molecule has 0 atom stereocenters. The van der Waals surface area contributed by atoms with Crippen LogP contribution in [0.2, 0.25) is 0 Å². The minimum Gasteiger partial charge on any atom is -0.328 e. The Balaban J connectivity index is 2.64. The monoisotopic (exact) mass is 268 g/mol. The Morgan fingerprint density at radius 2 is 2.27 bits per heavy atom. The fourth-order valence-electron chi connectivity index (χ4n) is 1.37. The number of aromatic amines is 1. The number of halogens is 1. The van der Waals surface area contributed by atoms with E-state index < -0.39 is 0 Å². The summed E-state index contributed by atoms with van der Waals surface area (Å²) in [5.41, 5.74) is 2.31. The molecule has 0 aliphatic heterocycles. The molecule has 0 spiro atoms. The summed E-state index contributed by atoms with van der Waals surface area (Å²) in [6.07, 6.45) is 1.65. The van der Waals surface area contributed by atoms with Crippen LogP contribution >= 0.6 is 15.9 Å². The number of nitrogens with zero attached hydrogens (tertiary/aromatic N) is 3. The highest BCUT2D eigenvalue weighted by molar-refractivity contribution is 9.10. The van der Waals surface area contributed by atoms with Crippen molar-refractivity contribution in [1.82, 2.24) is 20.0 Å². The molecule has 5 nitrogen and oxygen atoms in total. The van der Waals surface area contributed by atoms with Gasteiger partial charge in [-0.25, -0.2) is 4.68 Å². The van der Waals surface area contributed by atoms with Crippen LogP contribution in [0.1, 0.15) is 5.56 Å². The molecular weight excluding hydrogens is 260 g/mol. The van der Waals surface area contributed by atoms with Gasteiger partial charge >= 0.3 is 0 Å². The molecule has 0 aromatic carbocycles. The summed E-state index contributed by atoms with van der Waals surface area (Å²) in [5.74, 6) is 0. The molecule has 0 radical (unpaired) electrons. The second-order valence-corrected chi connectivity index (χ2v) is 4.00. The van der Waals surface area contributed by atoms with E-state index in [0.717, 1.165) is 11.3 Å². The first-order valence-corrected chi connectivity index (χ1v) is 5.14. The maximum absolute atomic E-state index is 11.2. The third-order valence-corrected chi connectivity index (χ3v) is 2.68. The van der Waals surface area contributed by atoms with Gasteiger partial charge in [-0.3, -0.25) is 4.79 Å². The van der Waals surface area contributed by atoms with Crippen molar-refractivity contribution in [3.8, 4) is 11.3 Å². The molecule has 2 heterocycles. The van der Waals surface area contributed by atoms with Crippen LogP contribution in [-0.2, 0) is 7.05 Å². The Bertz CT molecular complexity index is 538. The molecule has 78 valence electrons. The number of hydrogen-bond acceptors (Lipinski definition) is 3. The van der Waals surface area contributed by atoms with E-state index in [1.807, 2.05) is 6.07 Å². The standard InChI is InChI=1S/C9H9BrN4O/c1-5-3-6(4-11-9(5)15)7-8(10)12-13-14(7)2/h3-4H,1-2H3,(H,11,15). The van der Waals surface area contributed by atoms with E-state index in [9.17, 15) is 4.79 Å². The van der Waals surface area contributed by atoms with Gasteiger partial charge in [0.15, 0.2) is 4.60 Å². The Kier molecular flexibility index (Phi) is 2.44. The van der Waals surface area contributed by atoms with Crippen molar-refractivity contribution < 1.29 is 0 Å². The molecular formula is C9H9BrN4O. The van der Waals surface area contributed by atoms with Crippen LogP contribution in [0.4, 0.5) is 0 Å². The van der Waals surface area contributed by atoms with Crippen LogP contribution in [0, 0.1) is 6.92 Å². The van der Waals surface area contributed by atoms with E-state index in [1.54, 1.807) is 24.9 Å². The molecule has 0 aliphatic carbocycles. The molecule has 2 aromatic rings. The highest BCUT2D eigenvalue weighted by atomic mass is 79.9. The average Bonchev–Trinajstić information content (AvgIpc) is 2.52. The molecule has 6 heteroatoms. The second-order valence-electron chi connectivity index (χ2n) is 3.25. The fraction of sp³-hybridized carbons (Fsp3) is 0.222. The molecule has 0 saturated carbocycles. The van der Waals surface area contributed by atoms with E-state index in [4.69, 9.17) is 0 Å². The zero-order chi connectivity index (χ0) is 11.0. The maximum atomic E-state index is 11.2. The highest BCUT2D eigenvalue weighted by Crippen LogP contribution is 2.24. The summed E-state index contributed by atoms with van der Waals surface area (Å²) < 4.78 is 2.31. The van der Waals surface area contributed by atoms with Gasteiger partial charge in [-0.2, -0.15) is 0 Å². The van der Waals surface area contributed by atoms with E-state index in [-0.39, 0.29) is 5.56 Å². The van der Waals surface area contributed by atoms with Crippen LogP contribution in [-0.4, -0.2) is 20.0 Å². The Morgan fingerprint density at radius 3 is 2.80 bits per heavy atom. The van der Waals surface area contributed by atoms with Gasteiger partial charge in [-0.15, -0.1) is 5.10 Å². The summed E-state index contributed by atoms with van der Waals surface area (Å²) in [6.45, 7) is 1.76. The molecule has 2 aromatic heterocycles. The first-order chi connectivity index (χ1) is 7.09. The molecule has 2 rings (SSSR count). The molecule has 1 N–H and O–H groups in total. The summed E-state index contributed by atoms with van der Waals surface area (Å²) in [4.78, 5) is 13.9. The first kappa shape index (κ1) is 10.1. The Labute approximate surface area is 94.3 Å². The van der Waals surface area contributed by atoms with Gasteiger partial charge in [0.1, 0.15) is 5.69 Å². The molecule has 0 amide bonds. The minimum absolute atomic E-state index is 0.0787. The third-order valence-electron chi connectivity index (χ3n) is 2.15. The Hall–Kier alpha value is -1.43. The van der Waals surface area contributed by atoms with Crippen LogP contribution in [0.15, 0.2) is 21.7 Å². The van der Waals surface area contributed by atoms with Gasteiger partial charge in [0.05, 0.1) is 0 Å². The average molecular weight is 269 g/mol. The lowest BCUT2D eigenvalue weighted by Gasteiger charge is -2.02. The second kappa shape index (κ2) is 3.62. The van der Waals surface area contributed by atoms with Crippen molar-refractivity contribution in [2.24, 2.45) is 7.05 Å². The summed E-state index contributed by atoms with van der Waals surface area (Å²) >= 11 is 3.31. The fourth-order valence-corrected chi connectivity index (χ4v) is 1.93. The highest BCUT2D eigenvalue weighted by Gasteiger charge is 2.11. The number of aryl methyl sites for hydroxylation is 2. The number of nitrogens with one attached hydrogen (secondary N) is 1. The zero-order valence-electron chi connectivity index (χ0n) is 8.28. The summed E-state index contributed by atoms with van der Waals surface area (Å²) in [7, 11) is 1.80. The normalized spacial score (nSPS) is 10.6. The molecule has 0 aliphatic rings. The number of pyridine rings is 1. The van der Waals surface area contributed by atoms with Crippen LogP contribution in [0.25, 0.3) is 11.3 Å². The van der Waals surface area contributed by atoms with E-state index in [2.05, 4.69) is 31.2 Å². The van der Waals surface area contributed by atoms with Crippen molar-refractivity contribution in [2.45, 2.75) is 6.92 Å². The Morgan fingerprint density at radius 1 is 1.53 bits per heavy atom. The van der Waals surface area contributed by atoms with Crippen molar-refractivity contribution in [3.05, 3.63) is 32.8 Å². The first-order valence-electron chi connectivity index (χ1n) is 4.34. The van der Waals surface area contributed by atoms with Crippen molar-refractivity contribution in [3.63, 3.8) is 0 Å². The number of rotatable bonds is 1. The third kappa shape index (κ3) is 1.72. The molecule has 15 heavy (non-hydrogen) atoms.